The van der Waals surface area contributed by atoms with Gasteiger partial charge < -0.3 is 26.2 Å². The number of amides is 2. The number of methoxy groups -OCH3 is 1. The predicted octanol–water partition coefficient (Wildman–Crippen LogP) is 1.30. The highest BCUT2D eigenvalue weighted by atomic mass is 19.1. The molecule has 0 bridgehead atoms. The third-order valence-corrected chi connectivity index (χ3v) is 5.31. The molecule has 0 saturated carbocycles. The van der Waals surface area contributed by atoms with Gasteiger partial charge in [0, 0.05) is 29.9 Å². The van der Waals surface area contributed by atoms with Gasteiger partial charge in [0.25, 0.3) is 0 Å². The minimum atomic E-state index is -0.943. The lowest BCUT2D eigenvalue weighted by atomic mass is 10.00. The van der Waals surface area contributed by atoms with Crippen molar-refractivity contribution in [1.82, 2.24) is 20.8 Å². The summed E-state index contributed by atoms with van der Waals surface area (Å²) in [5, 5.41) is 22.3. The molecule has 0 radical (unpaired) electrons. The minimum Gasteiger partial charge on any atom is -0.507 e. The number of hydrogen-bond donors (Lipinski definition) is 5. The summed E-state index contributed by atoms with van der Waals surface area (Å²) >= 11 is 0. The number of aromatic amines is 1. The van der Waals surface area contributed by atoms with E-state index in [1.54, 1.807) is 12.4 Å². The van der Waals surface area contributed by atoms with Crippen molar-refractivity contribution in [3.8, 4) is 11.5 Å². The fourth-order valence-corrected chi connectivity index (χ4v) is 3.47. The van der Waals surface area contributed by atoms with Crippen molar-refractivity contribution in [3.05, 3.63) is 76.9 Å². The second-order valence-electron chi connectivity index (χ2n) is 7.79. The number of carbonyl (C=O) groups excluding carboxylic acids is 3. The number of rotatable bonds is 7. The van der Waals surface area contributed by atoms with Gasteiger partial charge in [0.05, 0.1) is 19.7 Å². The topological polar surface area (TPSA) is 159 Å². The van der Waals surface area contributed by atoms with Gasteiger partial charge in [-0.2, -0.15) is 5.10 Å². The fraction of sp³-hybridized carbons (Fsp3) is 0.250. The Bertz CT molecular complexity index is 1180. The Morgan fingerprint density at radius 1 is 1.20 bits per heavy atom. The normalized spacial score (nSPS) is 14.5. The number of primary amides is 1. The second-order valence-corrected chi connectivity index (χ2v) is 7.79. The minimum absolute atomic E-state index is 0.0695. The Balaban J connectivity index is 0.000000211. The molecule has 1 aromatic heterocycles. The zero-order valence-corrected chi connectivity index (χ0v) is 19.0. The molecule has 0 aliphatic carbocycles. The third-order valence-electron chi connectivity index (χ3n) is 5.31. The van der Waals surface area contributed by atoms with E-state index >= 15 is 0 Å². The van der Waals surface area contributed by atoms with Crippen molar-refractivity contribution in [2.45, 2.75) is 18.9 Å². The summed E-state index contributed by atoms with van der Waals surface area (Å²) in [5.41, 5.74) is 5.87. The maximum absolute atomic E-state index is 14.1. The van der Waals surface area contributed by atoms with E-state index < -0.39 is 28.8 Å². The van der Waals surface area contributed by atoms with Crippen LogP contribution in [0.1, 0.15) is 38.3 Å². The number of nitrogens with zero attached hydrogens (tertiary/aromatic N) is 1. The number of hydrogen-bond acceptors (Lipinski definition) is 7. The molecule has 0 unspecified atom stereocenters. The summed E-state index contributed by atoms with van der Waals surface area (Å²) < 4.78 is 18.9. The number of aromatic hydroxyl groups is 1. The Labute approximate surface area is 200 Å². The van der Waals surface area contributed by atoms with Crippen molar-refractivity contribution in [1.29, 1.82) is 0 Å². The maximum Gasteiger partial charge on any atom is 0.248 e. The first kappa shape index (κ1) is 25.4. The first-order valence-corrected chi connectivity index (χ1v) is 10.8. The molecule has 1 aliphatic heterocycles. The monoisotopic (exact) mass is 483 g/mol. The number of aromatic nitrogens is 2. The molecule has 6 N–H and O–H groups in total. The van der Waals surface area contributed by atoms with Gasteiger partial charge in [0.1, 0.15) is 11.3 Å². The molecule has 1 saturated heterocycles. The summed E-state index contributed by atoms with van der Waals surface area (Å²) in [4.78, 5) is 34.7. The Kier molecular flexibility index (Phi) is 8.52. The molecule has 10 nitrogen and oxygen atoms in total. The van der Waals surface area contributed by atoms with Crippen LogP contribution in [0, 0.1) is 5.82 Å². The van der Waals surface area contributed by atoms with Crippen molar-refractivity contribution >= 4 is 17.6 Å². The predicted molar refractivity (Wildman–Crippen MR) is 125 cm³/mol. The number of carbonyl (C=O) groups is 3. The number of phenols is 1. The van der Waals surface area contributed by atoms with E-state index in [1.807, 2.05) is 0 Å². The highest BCUT2D eigenvalue weighted by molar-refractivity contribution is 6.11. The maximum atomic E-state index is 14.1. The number of phenolic OH excluding ortho intramolecular Hbond substituents is 1. The number of H-pyrrole nitrogens is 1. The van der Waals surface area contributed by atoms with Gasteiger partial charge in [0.2, 0.25) is 11.8 Å². The quantitative estimate of drug-likeness (QED) is 0.317. The Morgan fingerprint density at radius 3 is 2.49 bits per heavy atom. The van der Waals surface area contributed by atoms with Crippen LogP contribution in [0.3, 0.4) is 0 Å². The number of nitrogens with one attached hydrogen (secondary N) is 3. The summed E-state index contributed by atoms with van der Waals surface area (Å²) in [6.07, 6.45) is 4.85. The van der Waals surface area contributed by atoms with Crippen LogP contribution < -0.4 is 21.1 Å². The van der Waals surface area contributed by atoms with E-state index in [0.717, 1.165) is 25.1 Å². The molecule has 0 spiro atoms. The van der Waals surface area contributed by atoms with Crippen LogP contribution in [0.2, 0.25) is 0 Å². The standard InChI is InChI=1S/C15H12FNO4.C9H14N4O/c1-21-11-7-6-10(18)12(13(11)16)14(19)8-2-4-9(5-3-8)15(17)20;14-9(3-7-4-11-12-5-7)13-8-1-2-10-6-8/h2-7,18H,1H3,(H2,17,20);4-5,8,10H,1-3,6H2,(H,11,12)(H,13,14)/t;8-/m.0/s1. The van der Waals surface area contributed by atoms with Crippen LogP contribution in [0.4, 0.5) is 4.39 Å². The summed E-state index contributed by atoms with van der Waals surface area (Å²) in [7, 11) is 1.26. The number of halogens is 1. The molecular weight excluding hydrogens is 457 g/mol. The molecule has 184 valence electrons. The molecule has 11 heteroatoms. The van der Waals surface area contributed by atoms with Gasteiger partial charge >= 0.3 is 0 Å². The van der Waals surface area contributed by atoms with E-state index in [9.17, 15) is 23.9 Å². The lowest BCUT2D eigenvalue weighted by molar-refractivity contribution is -0.121. The third kappa shape index (κ3) is 6.64. The number of ketones is 1. The van der Waals surface area contributed by atoms with Crippen molar-refractivity contribution in [2.75, 3.05) is 20.2 Å². The van der Waals surface area contributed by atoms with E-state index in [4.69, 9.17) is 10.5 Å². The van der Waals surface area contributed by atoms with Gasteiger partial charge in [-0.05, 0) is 42.8 Å². The largest absolute Gasteiger partial charge is 0.507 e. The first-order chi connectivity index (χ1) is 16.8. The number of ether oxygens (including phenoxy) is 1. The van der Waals surface area contributed by atoms with Crippen molar-refractivity contribution in [3.63, 3.8) is 0 Å². The van der Waals surface area contributed by atoms with Gasteiger partial charge in [0.15, 0.2) is 17.3 Å². The summed E-state index contributed by atoms with van der Waals surface area (Å²) in [6, 6.07) is 8.07. The molecule has 2 heterocycles. The lowest BCUT2D eigenvalue weighted by Gasteiger charge is -2.10. The number of benzene rings is 2. The molecule has 2 amide bonds. The van der Waals surface area contributed by atoms with E-state index in [2.05, 4.69) is 20.8 Å². The highest BCUT2D eigenvalue weighted by Crippen LogP contribution is 2.30. The molecule has 35 heavy (non-hydrogen) atoms. The molecule has 3 aromatic rings. The van der Waals surface area contributed by atoms with E-state index in [0.29, 0.717) is 12.5 Å². The zero-order chi connectivity index (χ0) is 25.4. The summed E-state index contributed by atoms with van der Waals surface area (Å²) in [5.74, 6) is -2.87. The van der Waals surface area contributed by atoms with Gasteiger partial charge in [-0.3, -0.25) is 19.5 Å². The molecule has 1 atom stereocenters. The number of nitrogens with two attached hydrogens (primary N) is 1. The van der Waals surface area contributed by atoms with Crippen molar-refractivity contribution < 1.29 is 28.6 Å². The van der Waals surface area contributed by atoms with Gasteiger partial charge in [-0.15, -0.1) is 0 Å². The van der Waals surface area contributed by atoms with Gasteiger partial charge in [-0.25, -0.2) is 4.39 Å². The Morgan fingerprint density at radius 2 is 1.91 bits per heavy atom. The van der Waals surface area contributed by atoms with Crippen LogP contribution >= 0.6 is 0 Å². The second kappa shape index (κ2) is 11.7. The molecular formula is C24H26FN5O5. The SMILES string of the molecule is COc1ccc(O)c(C(=O)c2ccc(C(N)=O)cc2)c1F.O=C(Cc1cn[nH]c1)N[C@H]1CCNC1. The molecule has 2 aromatic carbocycles. The van der Waals surface area contributed by atoms with E-state index in [1.165, 1.54) is 43.5 Å². The average molecular weight is 484 g/mol. The van der Waals surface area contributed by atoms with Gasteiger partial charge in [-0.1, -0.05) is 12.1 Å². The van der Waals surface area contributed by atoms with Crippen molar-refractivity contribution in [2.24, 2.45) is 5.73 Å². The first-order valence-electron chi connectivity index (χ1n) is 10.8. The molecule has 4 rings (SSSR count). The fourth-order valence-electron chi connectivity index (χ4n) is 3.47. The lowest BCUT2D eigenvalue weighted by Crippen LogP contribution is -2.37. The molecule has 1 aliphatic rings. The zero-order valence-electron chi connectivity index (χ0n) is 19.0. The Hall–Kier alpha value is -4.25. The van der Waals surface area contributed by atoms with Crippen LogP contribution in [-0.2, 0) is 11.2 Å². The van der Waals surface area contributed by atoms with Crippen LogP contribution in [0.15, 0.2) is 48.8 Å². The van der Waals surface area contributed by atoms with Crippen LogP contribution in [-0.4, -0.2) is 59.1 Å². The highest BCUT2D eigenvalue weighted by Gasteiger charge is 2.22. The molecule has 1 fully saturated rings. The van der Waals surface area contributed by atoms with Crippen LogP contribution in [0.5, 0.6) is 11.5 Å². The average Bonchev–Trinajstić information content (AvgIpc) is 3.54. The van der Waals surface area contributed by atoms with Crippen LogP contribution in [0.25, 0.3) is 0 Å². The smallest absolute Gasteiger partial charge is 0.248 e. The summed E-state index contributed by atoms with van der Waals surface area (Å²) in [6.45, 7) is 1.88. The van der Waals surface area contributed by atoms with E-state index in [-0.39, 0.29) is 22.8 Å².